The van der Waals surface area contributed by atoms with E-state index in [1.807, 2.05) is 25.1 Å². The lowest BCUT2D eigenvalue weighted by molar-refractivity contribution is 0.398. The first-order chi connectivity index (χ1) is 9.98. The van der Waals surface area contributed by atoms with Gasteiger partial charge in [0.25, 0.3) is 10.0 Å². The lowest BCUT2D eigenvalue weighted by Gasteiger charge is -2.24. The van der Waals surface area contributed by atoms with Crippen LogP contribution in [0.3, 0.4) is 0 Å². The van der Waals surface area contributed by atoms with Crippen LogP contribution in [0.5, 0.6) is 0 Å². The molecule has 1 atom stereocenters. The van der Waals surface area contributed by atoms with Crippen molar-refractivity contribution in [3.05, 3.63) is 51.3 Å². The molecule has 0 unspecified atom stereocenters. The van der Waals surface area contributed by atoms with Crippen LogP contribution >= 0.6 is 27.3 Å². The van der Waals surface area contributed by atoms with Crippen molar-refractivity contribution >= 4 is 37.3 Å². The highest BCUT2D eigenvalue weighted by atomic mass is 79.9. The summed E-state index contributed by atoms with van der Waals surface area (Å²) in [7, 11) is -3.41. The largest absolute Gasteiger partial charge is 0.253 e. The van der Waals surface area contributed by atoms with Gasteiger partial charge in [0.1, 0.15) is 4.21 Å². The van der Waals surface area contributed by atoms with Gasteiger partial charge < -0.3 is 0 Å². The van der Waals surface area contributed by atoms with Crippen molar-refractivity contribution in [3.63, 3.8) is 0 Å². The molecule has 1 aliphatic heterocycles. The fourth-order valence-corrected chi connectivity index (χ4v) is 6.61. The second kappa shape index (κ2) is 5.83. The molecule has 3 nitrogen and oxygen atoms in total. The molecule has 0 bridgehead atoms. The molecule has 0 saturated carbocycles. The van der Waals surface area contributed by atoms with Crippen molar-refractivity contribution in [2.45, 2.75) is 30.0 Å². The predicted molar refractivity (Wildman–Crippen MR) is 89.1 cm³/mol. The van der Waals surface area contributed by atoms with Crippen LogP contribution in [0, 0.1) is 6.92 Å². The van der Waals surface area contributed by atoms with Crippen molar-refractivity contribution < 1.29 is 8.42 Å². The number of hydrogen-bond donors (Lipinski definition) is 0. The maximum absolute atomic E-state index is 12.8. The van der Waals surface area contributed by atoms with E-state index in [0.717, 1.165) is 27.8 Å². The molecule has 21 heavy (non-hydrogen) atoms. The zero-order valence-electron chi connectivity index (χ0n) is 11.6. The molecule has 6 heteroatoms. The van der Waals surface area contributed by atoms with Gasteiger partial charge in [-0.3, -0.25) is 0 Å². The summed E-state index contributed by atoms with van der Waals surface area (Å²) in [6.45, 7) is 2.63. The Morgan fingerprint density at radius 2 is 2.10 bits per heavy atom. The van der Waals surface area contributed by atoms with E-state index in [9.17, 15) is 8.42 Å². The Bertz CT molecular complexity index is 755. The third-order valence-corrected chi connectivity index (χ3v) is 7.74. The first kappa shape index (κ1) is 15.2. The topological polar surface area (TPSA) is 37.4 Å². The number of benzene rings is 1. The number of hydrogen-bond acceptors (Lipinski definition) is 3. The number of rotatable bonds is 3. The van der Waals surface area contributed by atoms with Crippen LogP contribution in [0.2, 0.25) is 0 Å². The maximum atomic E-state index is 12.8. The third kappa shape index (κ3) is 2.95. The number of nitrogens with zero attached hydrogens (tertiary/aromatic N) is 1. The minimum Gasteiger partial charge on any atom is -0.206 e. The quantitative estimate of drug-likeness (QED) is 0.787. The van der Waals surface area contributed by atoms with Crippen LogP contribution in [0.1, 0.15) is 30.0 Å². The van der Waals surface area contributed by atoms with Crippen molar-refractivity contribution in [1.29, 1.82) is 0 Å². The summed E-state index contributed by atoms with van der Waals surface area (Å²) in [6, 6.07) is 11.6. The van der Waals surface area contributed by atoms with E-state index in [4.69, 9.17) is 0 Å². The second-order valence-corrected chi connectivity index (χ2v) is 9.83. The van der Waals surface area contributed by atoms with Crippen LogP contribution in [-0.2, 0) is 10.0 Å². The fraction of sp³-hybridized carbons (Fsp3) is 0.333. The summed E-state index contributed by atoms with van der Waals surface area (Å²) in [4.78, 5) is 0. The number of sulfonamides is 1. The SMILES string of the molecule is Cc1cccc([C@H]2CCCN2S(=O)(=O)c2ccc(Br)s2)c1. The zero-order chi connectivity index (χ0) is 15.0. The lowest BCUT2D eigenvalue weighted by atomic mass is 10.0. The molecule has 0 radical (unpaired) electrons. The first-order valence-electron chi connectivity index (χ1n) is 6.82. The van der Waals surface area contributed by atoms with Gasteiger partial charge in [-0.25, -0.2) is 8.42 Å². The molecule has 0 N–H and O–H groups in total. The van der Waals surface area contributed by atoms with E-state index >= 15 is 0 Å². The molecule has 0 aliphatic carbocycles. The van der Waals surface area contributed by atoms with Crippen molar-refractivity contribution in [2.75, 3.05) is 6.54 Å². The van der Waals surface area contributed by atoms with Gasteiger partial charge in [0.15, 0.2) is 0 Å². The van der Waals surface area contributed by atoms with Crippen LogP contribution < -0.4 is 0 Å². The Balaban J connectivity index is 1.97. The highest BCUT2D eigenvalue weighted by molar-refractivity contribution is 9.11. The summed E-state index contributed by atoms with van der Waals surface area (Å²) in [6.07, 6.45) is 1.79. The summed E-state index contributed by atoms with van der Waals surface area (Å²) >= 11 is 4.61. The molecular formula is C15H16BrNO2S2. The molecule has 0 spiro atoms. The Labute approximate surface area is 137 Å². The molecule has 1 saturated heterocycles. The number of thiophene rings is 1. The van der Waals surface area contributed by atoms with Gasteiger partial charge in [-0.1, -0.05) is 29.8 Å². The molecule has 1 aromatic carbocycles. The van der Waals surface area contributed by atoms with E-state index in [2.05, 4.69) is 22.0 Å². The summed E-state index contributed by atoms with van der Waals surface area (Å²) < 4.78 is 28.6. The minimum atomic E-state index is -3.41. The number of aryl methyl sites for hydroxylation is 1. The Morgan fingerprint density at radius 3 is 2.76 bits per heavy atom. The van der Waals surface area contributed by atoms with Gasteiger partial charge in [0, 0.05) is 6.54 Å². The Morgan fingerprint density at radius 1 is 1.29 bits per heavy atom. The van der Waals surface area contributed by atoms with E-state index in [0.29, 0.717) is 10.8 Å². The summed E-state index contributed by atoms with van der Waals surface area (Å²) in [5.74, 6) is 0. The number of halogens is 1. The molecule has 1 aromatic heterocycles. The van der Waals surface area contributed by atoms with Crippen molar-refractivity contribution in [1.82, 2.24) is 4.31 Å². The summed E-state index contributed by atoms with van der Waals surface area (Å²) in [5.41, 5.74) is 2.25. The smallest absolute Gasteiger partial charge is 0.206 e. The van der Waals surface area contributed by atoms with Gasteiger partial charge in [0.2, 0.25) is 0 Å². The van der Waals surface area contributed by atoms with E-state index in [-0.39, 0.29) is 6.04 Å². The normalized spacial score (nSPS) is 20.0. The molecule has 2 aromatic rings. The van der Waals surface area contributed by atoms with Gasteiger partial charge in [-0.15, -0.1) is 11.3 Å². The second-order valence-electron chi connectivity index (χ2n) is 5.25. The average Bonchev–Trinajstić information content (AvgIpc) is 3.07. The molecule has 1 fully saturated rings. The zero-order valence-corrected chi connectivity index (χ0v) is 14.8. The van der Waals surface area contributed by atoms with Crippen LogP contribution in [0.25, 0.3) is 0 Å². The van der Waals surface area contributed by atoms with Gasteiger partial charge >= 0.3 is 0 Å². The van der Waals surface area contributed by atoms with E-state index in [1.165, 1.54) is 11.3 Å². The highest BCUT2D eigenvalue weighted by Crippen LogP contribution is 2.38. The fourth-order valence-electron chi connectivity index (χ4n) is 2.79. The van der Waals surface area contributed by atoms with Crippen molar-refractivity contribution in [2.24, 2.45) is 0 Å². The van der Waals surface area contributed by atoms with Crippen LogP contribution in [-0.4, -0.2) is 19.3 Å². The van der Waals surface area contributed by atoms with Crippen molar-refractivity contribution in [3.8, 4) is 0 Å². The predicted octanol–water partition coefficient (Wildman–Crippen LogP) is 4.34. The third-order valence-electron chi connectivity index (χ3n) is 3.74. The minimum absolute atomic E-state index is 0.0456. The maximum Gasteiger partial charge on any atom is 0.253 e. The molecule has 112 valence electrons. The Hall–Kier alpha value is -0.690. The Kier molecular flexibility index (Phi) is 4.23. The van der Waals surface area contributed by atoms with E-state index < -0.39 is 10.0 Å². The summed E-state index contributed by atoms with van der Waals surface area (Å²) in [5, 5.41) is 0. The average molecular weight is 386 g/mol. The van der Waals surface area contributed by atoms with Gasteiger partial charge in [0.05, 0.1) is 9.83 Å². The molecular weight excluding hydrogens is 370 g/mol. The van der Waals surface area contributed by atoms with E-state index in [1.54, 1.807) is 16.4 Å². The molecule has 0 amide bonds. The lowest BCUT2D eigenvalue weighted by Crippen LogP contribution is -2.30. The van der Waals surface area contributed by atoms with Gasteiger partial charge in [-0.05, 0) is 53.4 Å². The molecule has 2 heterocycles. The van der Waals surface area contributed by atoms with Crippen LogP contribution in [0.4, 0.5) is 0 Å². The first-order valence-corrected chi connectivity index (χ1v) is 9.87. The monoisotopic (exact) mass is 385 g/mol. The standard InChI is InChI=1S/C15H16BrNO2S2/c1-11-4-2-5-12(10-11)13-6-3-9-17(13)21(18,19)15-8-7-14(16)20-15/h2,4-5,7-8,10,13H,3,6,9H2,1H3/t13-/m1/s1. The molecule has 3 rings (SSSR count). The van der Waals surface area contributed by atoms with Crippen LogP contribution in [0.15, 0.2) is 44.4 Å². The van der Waals surface area contributed by atoms with Gasteiger partial charge in [-0.2, -0.15) is 4.31 Å². The molecule has 1 aliphatic rings. The highest BCUT2D eigenvalue weighted by Gasteiger charge is 2.36.